The molecule has 3 aromatic rings. The van der Waals surface area contributed by atoms with Gasteiger partial charge >= 0.3 is 0 Å². The Bertz CT molecular complexity index is 906. The van der Waals surface area contributed by atoms with Gasteiger partial charge in [0, 0.05) is 20.4 Å². The van der Waals surface area contributed by atoms with Gasteiger partial charge in [0.15, 0.2) is 0 Å². The first-order chi connectivity index (χ1) is 13.0. The van der Waals surface area contributed by atoms with Crippen LogP contribution in [0.15, 0.2) is 66.7 Å². The summed E-state index contributed by atoms with van der Waals surface area (Å²) in [5.74, 6) is 0. The molecule has 0 bridgehead atoms. The third-order valence-electron chi connectivity index (χ3n) is 4.61. The van der Waals surface area contributed by atoms with Crippen LogP contribution in [0.25, 0.3) is 11.1 Å². The van der Waals surface area contributed by atoms with Crippen LogP contribution in [0.1, 0.15) is 52.7 Å². The van der Waals surface area contributed by atoms with Crippen molar-refractivity contribution in [2.75, 3.05) is 5.73 Å². The molecule has 3 aromatic carbocycles. The van der Waals surface area contributed by atoms with Crippen molar-refractivity contribution < 1.29 is 20.4 Å². The smallest absolute Gasteiger partial charge is 0 e. The summed E-state index contributed by atoms with van der Waals surface area (Å²) in [6.45, 7) is 13.7. The zero-order valence-electron chi connectivity index (χ0n) is 18.3. The van der Waals surface area contributed by atoms with E-state index >= 15 is 0 Å². The van der Waals surface area contributed by atoms with E-state index in [1.54, 1.807) is 0 Å². The topological polar surface area (TPSA) is 26.0 Å². The molecule has 3 heteroatoms. The molecular weight excluding hydrogens is 464 g/mol. The predicted molar refractivity (Wildman–Crippen MR) is 128 cm³/mol. The first kappa shape index (κ1) is 25.6. The Labute approximate surface area is 193 Å². The number of nitrogens with two attached hydrogens (primary N) is 1. The maximum Gasteiger partial charge on any atom is 0 e. The zero-order chi connectivity index (χ0) is 20.9. The summed E-state index contributed by atoms with van der Waals surface area (Å²) in [6.07, 6.45) is 0. The van der Waals surface area contributed by atoms with Gasteiger partial charge in [-0.15, -0.1) is 45.1 Å². The SMILES string of the molecule is CC(C)(C)c1cccc(P)c1C(C)(C)C.Nc1ccccc1-c1[c-]cccc1.[Pd]. The van der Waals surface area contributed by atoms with Crippen LogP contribution < -0.4 is 11.0 Å². The quantitative estimate of drug-likeness (QED) is 0.177. The second-order valence-electron chi connectivity index (χ2n) is 9.13. The number of anilines is 1. The van der Waals surface area contributed by atoms with Gasteiger partial charge in [-0.3, -0.25) is 0 Å². The van der Waals surface area contributed by atoms with Crippen LogP contribution in [0.5, 0.6) is 0 Å². The van der Waals surface area contributed by atoms with Crippen LogP contribution in [0, 0.1) is 6.07 Å². The summed E-state index contributed by atoms with van der Waals surface area (Å²) in [6, 6.07) is 25.4. The predicted octanol–water partition coefficient (Wildman–Crippen LogP) is 6.52. The van der Waals surface area contributed by atoms with E-state index in [9.17, 15) is 0 Å². The molecule has 0 aliphatic carbocycles. The maximum atomic E-state index is 5.83. The molecule has 2 N–H and O–H groups in total. The number of benzene rings is 3. The monoisotopic (exact) mass is 496 g/mol. The molecule has 1 unspecified atom stereocenters. The summed E-state index contributed by atoms with van der Waals surface area (Å²) in [7, 11) is 2.87. The van der Waals surface area contributed by atoms with Gasteiger partial charge in [0.1, 0.15) is 0 Å². The molecule has 0 saturated heterocycles. The second-order valence-corrected chi connectivity index (χ2v) is 9.76. The van der Waals surface area contributed by atoms with E-state index in [1.165, 1.54) is 16.4 Å². The Balaban J connectivity index is 0.000000282. The summed E-state index contributed by atoms with van der Waals surface area (Å²) in [5.41, 5.74) is 12.1. The Morgan fingerprint density at radius 1 is 0.759 bits per heavy atom. The molecule has 0 aliphatic heterocycles. The van der Waals surface area contributed by atoms with Gasteiger partial charge in [0.05, 0.1) is 0 Å². The molecule has 1 nitrogen and oxygen atoms in total. The fraction of sp³-hybridized carbons (Fsp3) is 0.308. The number of hydrogen-bond donors (Lipinski definition) is 1. The fourth-order valence-electron chi connectivity index (χ4n) is 3.34. The fourth-order valence-corrected chi connectivity index (χ4v) is 4.03. The second kappa shape index (κ2) is 10.5. The minimum atomic E-state index is 0. The third kappa shape index (κ3) is 7.08. The van der Waals surface area contributed by atoms with Crippen molar-refractivity contribution in [3.63, 3.8) is 0 Å². The van der Waals surface area contributed by atoms with Crippen molar-refractivity contribution in [2.45, 2.75) is 52.4 Å². The standard InChI is InChI=1S/C14H23P.C12H10N.Pd/c1-13(2,3)10-8-7-9-11(15)12(10)14(4,5)6;13-12-9-5-4-8-11(12)10-6-2-1-3-7-10;/h7-9H,15H2,1-6H3;1-6,8-9H,13H2;/q;-1;. The number of rotatable bonds is 1. The van der Waals surface area contributed by atoms with E-state index in [0.717, 1.165) is 16.8 Å². The molecule has 29 heavy (non-hydrogen) atoms. The molecule has 158 valence electrons. The third-order valence-corrected chi connectivity index (χ3v) is 5.10. The van der Waals surface area contributed by atoms with Gasteiger partial charge in [-0.2, -0.15) is 0 Å². The first-order valence-electron chi connectivity index (χ1n) is 9.73. The van der Waals surface area contributed by atoms with Crippen molar-refractivity contribution in [2.24, 2.45) is 0 Å². The molecule has 0 radical (unpaired) electrons. The van der Waals surface area contributed by atoms with Gasteiger partial charge in [-0.25, -0.2) is 0 Å². The molecule has 0 fully saturated rings. The van der Waals surface area contributed by atoms with E-state index < -0.39 is 0 Å². The summed E-state index contributed by atoms with van der Waals surface area (Å²) < 4.78 is 0. The average molecular weight is 497 g/mol. The number of hydrogen-bond acceptors (Lipinski definition) is 1. The van der Waals surface area contributed by atoms with Gasteiger partial charge in [0.2, 0.25) is 0 Å². The van der Waals surface area contributed by atoms with Crippen molar-refractivity contribution in [1.29, 1.82) is 0 Å². The van der Waals surface area contributed by atoms with Gasteiger partial charge in [-0.05, 0) is 39.0 Å². The molecule has 3 rings (SSSR count). The first-order valence-corrected chi connectivity index (χ1v) is 10.3. The van der Waals surface area contributed by atoms with Crippen molar-refractivity contribution in [3.8, 4) is 11.1 Å². The minimum absolute atomic E-state index is 0. The Morgan fingerprint density at radius 2 is 1.38 bits per heavy atom. The van der Waals surface area contributed by atoms with Crippen molar-refractivity contribution in [1.82, 2.24) is 0 Å². The average Bonchev–Trinajstić information content (AvgIpc) is 2.61. The summed E-state index contributed by atoms with van der Waals surface area (Å²) in [4.78, 5) is 0. The molecule has 0 aromatic heterocycles. The minimum Gasteiger partial charge on any atom is -0.406 e. The van der Waals surface area contributed by atoms with Gasteiger partial charge < -0.3 is 5.73 Å². The zero-order valence-corrected chi connectivity index (χ0v) is 21.0. The summed E-state index contributed by atoms with van der Waals surface area (Å²) >= 11 is 0. The maximum absolute atomic E-state index is 5.83. The van der Waals surface area contributed by atoms with E-state index in [-0.39, 0.29) is 31.3 Å². The van der Waals surface area contributed by atoms with E-state index in [2.05, 4.69) is 75.0 Å². The van der Waals surface area contributed by atoms with Crippen LogP contribution in [0.3, 0.4) is 0 Å². The molecule has 0 amide bonds. The van der Waals surface area contributed by atoms with Crippen LogP contribution in [0.4, 0.5) is 5.69 Å². The molecule has 0 saturated carbocycles. The van der Waals surface area contributed by atoms with Gasteiger partial charge in [-0.1, -0.05) is 83.5 Å². The Hall–Kier alpha value is -1.45. The Morgan fingerprint density at radius 3 is 1.86 bits per heavy atom. The van der Waals surface area contributed by atoms with Crippen molar-refractivity contribution >= 4 is 20.2 Å². The van der Waals surface area contributed by atoms with Crippen LogP contribution >= 0.6 is 9.24 Å². The molecule has 0 aliphatic rings. The van der Waals surface area contributed by atoms with E-state index in [0.29, 0.717) is 0 Å². The molecular formula is C26H33NPPd-. The molecule has 0 spiro atoms. The van der Waals surface area contributed by atoms with Gasteiger partial charge in [0.25, 0.3) is 0 Å². The van der Waals surface area contributed by atoms with E-state index in [1.807, 2.05) is 48.5 Å². The molecule has 0 heterocycles. The normalized spacial score (nSPS) is 11.1. The summed E-state index contributed by atoms with van der Waals surface area (Å²) in [5, 5.41) is 1.33. The largest absolute Gasteiger partial charge is 0.406 e. The van der Waals surface area contributed by atoms with Crippen molar-refractivity contribution in [3.05, 3.63) is 83.9 Å². The Kier molecular flexibility index (Phi) is 9.30. The van der Waals surface area contributed by atoms with Crippen LogP contribution in [-0.2, 0) is 31.3 Å². The van der Waals surface area contributed by atoms with Crippen LogP contribution in [-0.4, -0.2) is 0 Å². The molecule has 1 atom stereocenters. The number of para-hydroxylation sites is 1. The van der Waals surface area contributed by atoms with Crippen LogP contribution in [0.2, 0.25) is 0 Å². The van der Waals surface area contributed by atoms with E-state index in [4.69, 9.17) is 5.73 Å². The number of nitrogen functional groups attached to an aromatic ring is 1.